The van der Waals surface area contributed by atoms with Crippen molar-refractivity contribution in [2.45, 2.75) is 19.8 Å². The van der Waals surface area contributed by atoms with Crippen molar-refractivity contribution in [1.82, 2.24) is 5.32 Å². The number of hydrogen-bond acceptors (Lipinski definition) is 2. The molecular weight excluding hydrogens is 209 g/mol. The SMILES string of the molecule is CC(=O)CC(=O)NCCc1ccc(F)cc1. The van der Waals surface area contributed by atoms with Crippen molar-refractivity contribution in [2.24, 2.45) is 0 Å². The zero-order valence-electron chi connectivity index (χ0n) is 9.13. The van der Waals surface area contributed by atoms with E-state index in [4.69, 9.17) is 0 Å². The van der Waals surface area contributed by atoms with Gasteiger partial charge in [-0.1, -0.05) is 12.1 Å². The van der Waals surface area contributed by atoms with Crippen molar-refractivity contribution in [2.75, 3.05) is 6.54 Å². The fourth-order valence-electron chi connectivity index (χ4n) is 1.29. The lowest BCUT2D eigenvalue weighted by molar-refractivity contribution is -0.127. The maximum Gasteiger partial charge on any atom is 0.227 e. The first-order valence-electron chi connectivity index (χ1n) is 5.08. The van der Waals surface area contributed by atoms with E-state index in [0.29, 0.717) is 13.0 Å². The number of rotatable bonds is 5. The van der Waals surface area contributed by atoms with Crippen LogP contribution < -0.4 is 5.32 Å². The lowest BCUT2D eigenvalue weighted by Gasteiger charge is -2.03. The molecule has 0 radical (unpaired) electrons. The van der Waals surface area contributed by atoms with Crippen LogP contribution in [0.3, 0.4) is 0 Å². The summed E-state index contributed by atoms with van der Waals surface area (Å²) in [5, 5.41) is 2.62. The van der Waals surface area contributed by atoms with Crippen molar-refractivity contribution >= 4 is 11.7 Å². The van der Waals surface area contributed by atoms with Gasteiger partial charge in [0.2, 0.25) is 5.91 Å². The van der Waals surface area contributed by atoms with E-state index >= 15 is 0 Å². The minimum Gasteiger partial charge on any atom is -0.355 e. The zero-order chi connectivity index (χ0) is 12.0. The second-order valence-electron chi connectivity index (χ2n) is 3.61. The molecule has 0 aromatic heterocycles. The summed E-state index contributed by atoms with van der Waals surface area (Å²) in [5.41, 5.74) is 0.949. The highest BCUT2D eigenvalue weighted by atomic mass is 19.1. The first kappa shape index (κ1) is 12.4. The summed E-state index contributed by atoms with van der Waals surface area (Å²) in [5.74, 6) is -0.696. The second-order valence-corrected chi connectivity index (χ2v) is 3.61. The van der Waals surface area contributed by atoms with Gasteiger partial charge in [0, 0.05) is 6.54 Å². The van der Waals surface area contributed by atoms with E-state index in [1.807, 2.05) is 0 Å². The van der Waals surface area contributed by atoms with E-state index in [1.165, 1.54) is 19.1 Å². The lowest BCUT2D eigenvalue weighted by Crippen LogP contribution is -2.27. The van der Waals surface area contributed by atoms with E-state index in [9.17, 15) is 14.0 Å². The molecule has 0 aliphatic rings. The quantitative estimate of drug-likeness (QED) is 0.768. The Kier molecular flexibility index (Phi) is 4.64. The summed E-state index contributed by atoms with van der Waals surface area (Å²) < 4.78 is 12.6. The van der Waals surface area contributed by atoms with Gasteiger partial charge in [0.05, 0.1) is 6.42 Å². The van der Waals surface area contributed by atoms with E-state index < -0.39 is 0 Å². The third-order valence-electron chi connectivity index (χ3n) is 2.06. The molecule has 0 bridgehead atoms. The standard InChI is InChI=1S/C12H14FNO2/c1-9(15)8-12(16)14-7-6-10-2-4-11(13)5-3-10/h2-5H,6-8H2,1H3,(H,14,16). The molecule has 0 saturated carbocycles. The third kappa shape index (κ3) is 4.68. The number of hydrogen-bond donors (Lipinski definition) is 1. The maximum absolute atomic E-state index is 12.6. The van der Waals surface area contributed by atoms with E-state index in [2.05, 4.69) is 5.32 Å². The van der Waals surface area contributed by atoms with Crippen molar-refractivity contribution in [3.63, 3.8) is 0 Å². The molecule has 1 amide bonds. The van der Waals surface area contributed by atoms with Crippen LogP contribution in [-0.2, 0) is 16.0 Å². The summed E-state index contributed by atoms with van der Waals surface area (Å²) in [6, 6.07) is 6.11. The van der Waals surface area contributed by atoms with E-state index in [0.717, 1.165) is 5.56 Å². The van der Waals surface area contributed by atoms with Crippen LogP contribution in [0.25, 0.3) is 0 Å². The van der Waals surface area contributed by atoms with Crippen molar-refractivity contribution < 1.29 is 14.0 Å². The number of Topliss-reactive ketones (excluding diaryl/α,β-unsaturated/α-hetero) is 1. The number of carbonyl (C=O) groups is 2. The van der Waals surface area contributed by atoms with Crippen molar-refractivity contribution in [3.05, 3.63) is 35.6 Å². The summed E-state index contributed by atoms with van der Waals surface area (Å²) in [6.07, 6.45) is 0.549. The molecule has 4 heteroatoms. The average molecular weight is 223 g/mol. The zero-order valence-corrected chi connectivity index (χ0v) is 9.13. The molecular formula is C12H14FNO2. The highest BCUT2D eigenvalue weighted by molar-refractivity contribution is 5.96. The summed E-state index contributed by atoms with van der Waals surface area (Å²) in [7, 11) is 0. The highest BCUT2D eigenvalue weighted by Crippen LogP contribution is 2.02. The summed E-state index contributed by atoms with van der Waals surface area (Å²) in [6.45, 7) is 1.83. The van der Waals surface area contributed by atoms with Gasteiger partial charge in [0.1, 0.15) is 11.6 Å². The Labute approximate surface area is 93.7 Å². The molecule has 0 fully saturated rings. The number of benzene rings is 1. The van der Waals surface area contributed by atoms with Gasteiger partial charge in [0.25, 0.3) is 0 Å². The first-order valence-corrected chi connectivity index (χ1v) is 5.08. The molecule has 1 rings (SSSR count). The average Bonchev–Trinajstić information content (AvgIpc) is 2.20. The molecule has 0 saturated heterocycles. The Hall–Kier alpha value is -1.71. The number of carbonyl (C=O) groups excluding carboxylic acids is 2. The predicted octanol–water partition coefficient (Wildman–Crippen LogP) is 1.46. The minimum absolute atomic E-state index is 0.0799. The molecule has 0 spiro atoms. The Morgan fingerprint density at radius 3 is 2.44 bits per heavy atom. The molecule has 0 unspecified atom stereocenters. The minimum atomic E-state index is -0.274. The van der Waals surface area contributed by atoms with Gasteiger partial charge in [-0.15, -0.1) is 0 Å². The molecule has 1 N–H and O–H groups in total. The molecule has 86 valence electrons. The second kappa shape index (κ2) is 6.00. The van der Waals surface area contributed by atoms with Crippen LogP contribution >= 0.6 is 0 Å². The Morgan fingerprint density at radius 2 is 1.88 bits per heavy atom. The van der Waals surface area contributed by atoms with Gasteiger partial charge < -0.3 is 5.32 Å². The Morgan fingerprint density at radius 1 is 1.25 bits per heavy atom. The number of nitrogens with one attached hydrogen (secondary N) is 1. The van der Waals surface area contributed by atoms with Crippen LogP contribution in [0.1, 0.15) is 18.9 Å². The normalized spacial score (nSPS) is 9.88. The first-order chi connectivity index (χ1) is 7.58. The Balaban J connectivity index is 2.28. The van der Waals surface area contributed by atoms with E-state index in [-0.39, 0.29) is 23.9 Å². The number of ketones is 1. The van der Waals surface area contributed by atoms with Crippen LogP contribution in [0, 0.1) is 5.82 Å². The van der Waals surface area contributed by atoms with Crippen LogP contribution in [0.5, 0.6) is 0 Å². The molecule has 0 heterocycles. The van der Waals surface area contributed by atoms with Crippen LogP contribution in [0.2, 0.25) is 0 Å². The molecule has 3 nitrogen and oxygen atoms in total. The molecule has 0 aliphatic heterocycles. The fraction of sp³-hybridized carbons (Fsp3) is 0.333. The van der Waals surface area contributed by atoms with Crippen LogP contribution in [0.4, 0.5) is 4.39 Å². The Bertz CT molecular complexity index is 373. The maximum atomic E-state index is 12.6. The van der Waals surface area contributed by atoms with Gasteiger partial charge in [-0.05, 0) is 31.0 Å². The van der Waals surface area contributed by atoms with Gasteiger partial charge in [-0.25, -0.2) is 4.39 Å². The van der Waals surface area contributed by atoms with Crippen molar-refractivity contribution in [3.8, 4) is 0 Å². The smallest absolute Gasteiger partial charge is 0.227 e. The fourth-order valence-corrected chi connectivity index (χ4v) is 1.29. The van der Waals surface area contributed by atoms with Crippen LogP contribution in [0.15, 0.2) is 24.3 Å². The summed E-state index contributed by atoms with van der Waals surface area (Å²) in [4.78, 5) is 21.7. The lowest BCUT2D eigenvalue weighted by atomic mass is 10.1. The van der Waals surface area contributed by atoms with Crippen LogP contribution in [-0.4, -0.2) is 18.2 Å². The highest BCUT2D eigenvalue weighted by Gasteiger charge is 2.03. The van der Waals surface area contributed by atoms with Gasteiger partial charge in [0.15, 0.2) is 0 Å². The molecule has 0 aliphatic carbocycles. The molecule has 0 atom stereocenters. The topological polar surface area (TPSA) is 46.2 Å². The summed E-state index contributed by atoms with van der Waals surface area (Å²) >= 11 is 0. The molecule has 1 aromatic rings. The van der Waals surface area contributed by atoms with Crippen molar-refractivity contribution in [1.29, 1.82) is 0 Å². The van der Waals surface area contributed by atoms with Gasteiger partial charge in [-0.3, -0.25) is 9.59 Å². The number of halogens is 1. The molecule has 1 aromatic carbocycles. The van der Waals surface area contributed by atoms with Gasteiger partial charge >= 0.3 is 0 Å². The monoisotopic (exact) mass is 223 g/mol. The van der Waals surface area contributed by atoms with E-state index in [1.54, 1.807) is 12.1 Å². The third-order valence-corrected chi connectivity index (χ3v) is 2.06. The number of amides is 1. The predicted molar refractivity (Wildman–Crippen MR) is 58.4 cm³/mol. The molecule has 16 heavy (non-hydrogen) atoms. The van der Waals surface area contributed by atoms with Gasteiger partial charge in [-0.2, -0.15) is 0 Å². The largest absolute Gasteiger partial charge is 0.355 e.